The number of nitriles is 1. The van der Waals surface area contributed by atoms with Crippen molar-refractivity contribution in [3.63, 3.8) is 0 Å². The summed E-state index contributed by atoms with van der Waals surface area (Å²) < 4.78 is 40.3. The Morgan fingerprint density at radius 3 is 2.50 bits per heavy atom. The Bertz CT molecular complexity index is 637. The van der Waals surface area contributed by atoms with E-state index in [1.165, 1.54) is 13.8 Å². The van der Waals surface area contributed by atoms with E-state index < -0.39 is 47.1 Å². The topological polar surface area (TPSA) is 64.3 Å². The minimum absolute atomic E-state index is 0.226. The van der Waals surface area contributed by atoms with E-state index in [2.05, 4.69) is 0 Å². The standard InChI is InChI=1S/C13H11F3N2O2/c1-13(2,5-19)18-8(4-17)6-3-7(14)10(15)11(16)9(6)12(18)20/h3,8,19H,5H2,1-2H3. The summed E-state index contributed by atoms with van der Waals surface area (Å²) in [7, 11) is 0. The average Bonchev–Trinajstić information content (AvgIpc) is 2.69. The van der Waals surface area contributed by atoms with Crippen molar-refractivity contribution in [3.05, 3.63) is 34.6 Å². The fourth-order valence-corrected chi connectivity index (χ4v) is 2.25. The van der Waals surface area contributed by atoms with E-state index in [9.17, 15) is 23.1 Å². The number of hydrogen-bond acceptors (Lipinski definition) is 3. The van der Waals surface area contributed by atoms with Gasteiger partial charge in [0.25, 0.3) is 5.91 Å². The molecule has 0 aliphatic carbocycles. The minimum atomic E-state index is -1.75. The number of benzene rings is 1. The molecule has 0 saturated heterocycles. The molecule has 1 atom stereocenters. The van der Waals surface area contributed by atoms with Crippen LogP contribution < -0.4 is 0 Å². The van der Waals surface area contributed by atoms with Crippen LogP contribution in [0.4, 0.5) is 13.2 Å². The molecule has 106 valence electrons. The van der Waals surface area contributed by atoms with Crippen molar-refractivity contribution in [2.75, 3.05) is 6.61 Å². The van der Waals surface area contributed by atoms with Gasteiger partial charge in [-0.25, -0.2) is 13.2 Å². The van der Waals surface area contributed by atoms with E-state index in [0.29, 0.717) is 6.07 Å². The number of fused-ring (bicyclic) bond motifs is 1. The van der Waals surface area contributed by atoms with Gasteiger partial charge in [0.2, 0.25) is 0 Å². The fraction of sp³-hybridized carbons (Fsp3) is 0.385. The van der Waals surface area contributed by atoms with Crippen molar-refractivity contribution in [1.29, 1.82) is 5.26 Å². The van der Waals surface area contributed by atoms with E-state index >= 15 is 0 Å². The molecule has 0 radical (unpaired) electrons. The van der Waals surface area contributed by atoms with Gasteiger partial charge in [0.1, 0.15) is 6.04 Å². The van der Waals surface area contributed by atoms with Gasteiger partial charge in [-0.05, 0) is 19.9 Å². The van der Waals surface area contributed by atoms with Crippen LogP contribution in [0.1, 0.15) is 35.8 Å². The van der Waals surface area contributed by atoms with Crippen LogP contribution in [0.25, 0.3) is 0 Å². The molecule has 0 fully saturated rings. The van der Waals surface area contributed by atoms with Crippen LogP contribution in [0.3, 0.4) is 0 Å². The number of carbonyl (C=O) groups excluding carboxylic acids is 1. The zero-order chi connectivity index (χ0) is 15.2. The molecule has 7 heteroatoms. The normalized spacial score (nSPS) is 18.1. The molecule has 1 aromatic carbocycles. The number of hydrogen-bond donors (Lipinski definition) is 1. The molecule has 0 bridgehead atoms. The first kappa shape index (κ1) is 14.3. The predicted molar refractivity (Wildman–Crippen MR) is 62.0 cm³/mol. The molecule has 20 heavy (non-hydrogen) atoms. The largest absolute Gasteiger partial charge is 0.394 e. The summed E-state index contributed by atoms with van der Waals surface area (Å²) in [4.78, 5) is 13.1. The summed E-state index contributed by atoms with van der Waals surface area (Å²) in [5, 5.41) is 18.4. The van der Waals surface area contributed by atoms with E-state index in [4.69, 9.17) is 5.26 Å². The fourth-order valence-electron chi connectivity index (χ4n) is 2.25. The van der Waals surface area contributed by atoms with Gasteiger partial charge in [-0.2, -0.15) is 5.26 Å². The highest BCUT2D eigenvalue weighted by Crippen LogP contribution is 2.40. The molecule has 1 unspecified atom stereocenters. The first-order chi connectivity index (χ1) is 9.26. The van der Waals surface area contributed by atoms with Gasteiger partial charge in [0, 0.05) is 5.56 Å². The summed E-state index contributed by atoms with van der Waals surface area (Å²) in [5.74, 6) is -5.76. The Balaban J connectivity index is 2.71. The average molecular weight is 284 g/mol. The lowest BCUT2D eigenvalue weighted by atomic mass is 10.0. The SMILES string of the molecule is CC(C)(CO)N1C(=O)c2c(cc(F)c(F)c2F)C1C#N. The third-order valence-electron chi connectivity index (χ3n) is 3.34. The molecule has 1 aliphatic heterocycles. The van der Waals surface area contributed by atoms with Gasteiger partial charge in [0.15, 0.2) is 17.5 Å². The van der Waals surface area contributed by atoms with E-state index in [1.54, 1.807) is 6.07 Å². The molecular weight excluding hydrogens is 273 g/mol. The Labute approximate surface area is 113 Å². The lowest BCUT2D eigenvalue weighted by Crippen LogP contribution is -2.48. The number of aliphatic hydroxyl groups excluding tert-OH is 1. The first-order valence-corrected chi connectivity index (χ1v) is 5.77. The zero-order valence-corrected chi connectivity index (χ0v) is 10.7. The van der Waals surface area contributed by atoms with Crippen LogP contribution in [-0.2, 0) is 0 Å². The van der Waals surface area contributed by atoms with Gasteiger partial charge >= 0.3 is 0 Å². The highest BCUT2D eigenvalue weighted by atomic mass is 19.2. The Morgan fingerprint density at radius 1 is 1.40 bits per heavy atom. The first-order valence-electron chi connectivity index (χ1n) is 5.77. The maximum Gasteiger partial charge on any atom is 0.259 e. The van der Waals surface area contributed by atoms with Crippen molar-refractivity contribution < 1.29 is 23.1 Å². The molecule has 1 N–H and O–H groups in total. The highest BCUT2D eigenvalue weighted by molar-refractivity contribution is 6.00. The smallest absolute Gasteiger partial charge is 0.259 e. The molecule has 1 aromatic rings. The summed E-state index contributed by atoms with van der Waals surface area (Å²) in [6.45, 7) is 2.44. The Morgan fingerprint density at radius 2 is 2.00 bits per heavy atom. The number of aliphatic hydroxyl groups is 1. The van der Waals surface area contributed by atoms with Crippen LogP contribution in [0, 0.1) is 28.8 Å². The number of carbonyl (C=O) groups is 1. The van der Waals surface area contributed by atoms with Gasteiger partial charge < -0.3 is 10.0 Å². The van der Waals surface area contributed by atoms with Crippen LogP contribution in [0.15, 0.2) is 6.07 Å². The van der Waals surface area contributed by atoms with Crippen LogP contribution in [0.5, 0.6) is 0 Å². The summed E-state index contributed by atoms with van der Waals surface area (Å²) in [5.41, 5.74) is -2.05. The highest BCUT2D eigenvalue weighted by Gasteiger charge is 2.47. The maximum absolute atomic E-state index is 13.8. The van der Waals surface area contributed by atoms with Crippen molar-refractivity contribution in [1.82, 2.24) is 4.90 Å². The van der Waals surface area contributed by atoms with Crippen LogP contribution >= 0.6 is 0 Å². The molecule has 2 rings (SSSR count). The van der Waals surface area contributed by atoms with Gasteiger partial charge in [0.05, 0.1) is 23.8 Å². The molecule has 1 amide bonds. The number of halogens is 3. The van der Waals surface area contributed by atoms with E-state index in [0.717, 1.165) is 4.90 Å². The quantitative estimate of drug-likeness (QED) is 0.843. The van der Waals surface area contributed by atoms with Crippen molar-refractivity contribution in [3.8, 4) is 6.07 Å². The molecule has 0 saturated carbocycles. The van der Waals surface area contributed by atoms with Crippen molar-refractivity contribution in [2.24, 2.45) is 0 Å². The minimum Gasteiger partial charge on any atom is -0.394 e. The van der Waals surface area contributed by atoms with Gasteiger partial charge in [-0.1, -0.05) is 0 Å². The van der Waals surface area contributed by atoms with E-state index in [1.807, 2.05) is 0 Å². The Hall–Kier alpha value is -2.07. The lowest BCUT2D eigenvalue weighted by molar-refractivity contribution is 0.0335. The molecule has 0 aromatic heterocycles. The summed E-state index contributed by atoms with van der Waals surface area (Å²) in [6.07, 6.45) is 0. The monoisotopic (exact) mass is 284 g/mol. The summed E-state index contributed by atoms with van der Waals surface area (Å²) in [6, 6.07) is 1.13. The third-order valence-corrected chi connectivity index (χ3v) is 3.34. The predicted octanol–water partition coefficient (Wildman–Crippen LogP) is 1.90. The lowest BCUT2D eigenvalue weighted by Gasteiger charge is -2.36. The Kier molecular flexibility index (Phi) is 3.22. The summed E-state index contributed by atoms with van der Waals surface area (Å²) >= 11 is 0. The van der Waals surface area contributed by atoms with Gasteiger partial charge in [-0.15, -0.1) is 0 Å². The van der Waals surface area contributed by atoms with Crippen LogP contribution in [-0.4, -0.2) is 28.1 Å². The second kappa shape index (κ2) is 4.49. The van der Waals surface area contributed by atoms with Crippen molar-refractivity contribution >= 4 is 5.91 Å². The molecule has 1 aliphatic rings. The number of nitrogens with zero attached hydrogens (tertiary/aromatic N) is 2. The number of rotatable bonds is 2. The molecule has 4 nitrogen and oxygen atoms in total. The third kappa shape index (κ3) is 1.76. The molecule has 1 heterocycles. The number of amides is 1. The second-order valence-corrected chi connectivity index (χ2v) is 5.13. The van der Waals surface area contributed by atoms with Crippen LogP contribution in [0.2, 0.25) is 0 Å². The molecular formula is C13H11F3N2O2. The zero-order valence-electron chi connectivity index (χ0n) is 10.7. The van der Waals surface area contributed by atoms with Crippen molar-refractivity contribution in [2.45, 2.75) is 25.4 Å². The second-order valence-electron chi connectivity index (χ2n) is 5.13. The maximum atomic E-state index is 13.8. The van der Waals surface area contributed by atoms with Gasteiger partial charge in [-0.3, -0.25) is 4.79 Å². The molecule has 0 spiro atoms. The van der Waals surface area contributed by atoms with E-state index in [-0.39, 0.29) is 5.56 Å².